The normalized spacial score (nSPS) is 23.9. The van der Waals surface area contributed by atoms with Crippen LogP contribution in [0.3, 0.4) is 0 Å². The van der Waals surface area contributed by atoms with Crippen LogP contribution in [0, 0.1) is 0 Å². The van der Waals surface area contributed by atoms with Gasteiger partial charge in [0, 0.05) is 5.57 Å². The van der Waals surface area contributed by atoms with Crippen LogP contribution in [0.1, 0.15) is 6.92 Å². The summed E-state index contributed by atoms with van der Waals surface area (Å²) in [7, 11) is 0. The number of rotatable bonds is 2. The zero-order valence-electron chi connectivity index (χ0n) is 6.85. The molecule has 70 valence electrons. The van der Waals surface area contributed by atoms with Crippen LogP contribution >= 0.6 is 0 Å². The molecular weight excluding hydrogens is 176 g/mol. The van der Waals surface area contributed by atoms with Crippen molar-refractivity contribution in [2.45, 2.75) is 13.0 Å². The summed E-state index contributed by atoms with van der Waals surface area (Å²) in [5.74, 6) is -2.79. The minimum Gasteiger partial charge on any atom is -0.478 e. The van der Waals surface area contributed by atoms with E-state index in [0.717, 1.165) is 0 Å². The topological polar surface area (TPSA) is 83.8 Å². The number of ether oxygens (including phenoxy) is 1. The van der Waals surface area contributed by atoms with Crippen molar-refractivity contribution < 1.29 is 24.5 Å². The molecular formula is C8H8O5. The minimum atomic E-state index is -1.26. The summed E-state index contributed by atoms with van der Waals surface area (Å²) < 4.78 is 4.68. The van der Waals surface area contributed by atoms with E-state index in [-0.39, 0.29) is 5.76 Å². The second-order valence-corrected chi connectivity index (χ2v) is 2.44. The second-order valence-electron chi connectivity index (χ2n) is 2.44. The van der Waals surface area contributed by atoms with E-state index in [1.54, 1.807) is 6.92 Å². The van der Waals surface area contributed by atoms with E-state index in [0.29, 0.717) is 5.57 Å². The summed E-state index contributed by atoms with van der Waals surface area (Å²) in [5, 5.41) is 17.1. The van der Waals surface area contributed by atoms with Crippen molar-refractivity contribution >= 4 is 11.9 Å². The summed E-state index contributed by atoms with van der Waals surface area (Å²) in [6, 6.07) is 0. The highest BCUT2D eigenvalue weighted by molar-refractivity contribution is 5.89. The maximum absolute atomic E-state index is 10.5. The molecule has 5 nitrogen and oxygen atoms in total. The highest BCUT2D eigenvalue weighted by Crippen LogP contribution is 2.22. The maximum Gasteiger partial charge on any atom is 0.371 e. The van der Waals surface area contributed by atoms with Crippen LogP contribution in [-0.4, -0.2) is 28.3 Å². The van der Waals surface area contributed by atoms with Crippen molar-refractivity contribution in [1.82, 2.24) is 0 Å². The summed E-state index contributed by atoms with van der Waals surface area (Å²) in [6.07, 6.45) is 1.53. The molecule has 13 heavy (non-hydrogen) atoms. The summed E-state index contributed by atoms with van der Waals surface area (Å²) >= 11 is 0. The van der Waals surface area contributed by atoms with Gasteiger partial charge in [0.2, 0.25) is 11.9 Å². The Kier molecular flexibility index (Phi) is 2.36. The lowest BCUT2D eigenvalue weighted by atomic mass is 10.1. The van der Waals surface area contributed by atoms with Crippen LogP contribution in [0.25, 0.3) is 0 Å². The van der Waals surface area contributed by atoms with E-state index in [4.69, 9.17) is 10.2 Å². The van der Waals surface area contributed by atoms with Crippen LogP contribution in [-0.2, 0) is 14.3 Å². The molecule has 0 fully saturated rings. The van der Waals surface area contributed by atoms with Crippen LogP contribution in [0.15, 0.2) is 23.5 Å². The Morgan fingerprint density at radius 2 is 2.15 bits per heavy atom. The molecule has 2 N–H and O–H groups in total. The van der Waals surface area contributed by atoms with Crippen molar-refractivity contribution in [3.8, 4) is 0 Å². The Hall–Kier alpha value is -1.78. The first-order chi connectivity index (χ1) is 6.06. The van der Waals surface area contributed by atoms with Gasteiger partial charge in [0.1, 0.15) is 0 Å². The molecule has 1 rings (SSSR count). The highest BCUT2D eigenvalue weighted by Gasteiger charge is 2.32. The Balaban J connectivity index is 2.92. The van der Waals surface area contributed by atoms with Gasteiger partial charge in [-0.15, -0.1) is 0 Å². The highest BCUT2D eigenvalue weighted by atomic mass is 16.5. The number of hydrogen-bond donors (Lipinski definition) is 2. The monoisotopic (exact) mass is 184 g/mol. The molecule has 1 aliphatic heterocycles. The molecule has 0 spiro atoms. The van der Waals surface area contributed by atoms with Gasteiger partial charge < -0.3 is 14.9 Å². The van der Waals surface area contributed by atoms with Crippen molar-refractivity contribution in [1.29, 1.82) is 0 Å². The fourth-order valence-corrected chi connectivity index (χ4v) is 0.996. The molecule has 1 aliphatic rings. The zero-order chi connectivity index (χ0) is 10.0. The van der Waals surface area contributed by atoms with E-state index in [9.17, 15) is 9.59 Å². The van der Waals surface area contributed by atoms with Gasteiger partial charge in [0.25, 0.3) is 0 Å². The average molecular weight is 184 g/mol. The van der Waals surface area contributed by atoms with Gasteiger partial charge in [-0.1, -0.05) is 6.08 Å². The standard InChI is InChI=1S/C8H8O5/c1-2-4-3-5(7(9)10)13-6(4)8(11)12/h2-3,6H,1H3,(H,9,10)(H,11,12). The van der Waals surface area contributed by atoms with Gasteiger partial charge in [0.05, 0.1) is 0 Å². The van der Waals surface area contributed by atoms with Gasteiger partial charge in [-0.25, -0.2) is 9.59 Å². The molecule has 1 unspecified atom stereocenters. The van der Waals surface area contributed by atoms with Gasteiger partial charge in [0.15, 0.2) is 0 Å². The summed E-state index contributed by atoms with van der Waals surface area (Å²) in [4.78, 5) is 21.0. The van der Waals surface area contributed by atoms with Gasteiger partial charge in [-0.05, 0) is 13.0 Å². The number of hydrogen-bond acceptors (Lipinski definition) is 3. The maximum atomic E-state index is 10.5. The SMILES string of the molecule is CC=C1C=C(C(=O)O)OC1C(=O)O. The smallest absolute Gasteiger partial charge is 0.371 e. The third-order valence-electron chi connectivity index (χ3n) is 1.61. The Morgan fingerprint density at radius 1 is 1.54 bits per heavy atom. The van der Waals surface area contributed by atoms with E-state index in [1.165, 1.54) is 12.2 Å². The molecule has 1 atom stereocenters. The molecule has 0 radical (unpaired) electrons. The third-order valence-corrected chi connectivity index (χ3v) is 1.61. The number of carbonyl (C=O) groups is 2. The molecule has 0 aliphatic carbocycles. The molecule has 0 saturated carbocycles. The molecule has 0 aromatic heterocycles. The van der Waals surface area contributed by atoms with Gasteiger partial charge in [-0.3, -0.25) is 0 Å². The van der Waals surface area contributed by atoms with Gasteiger partial charge >= 0.3 is 11.9 Å². The molecule has 0 aromatic carbocycles. The summed E-state index contributed by atoms with van der Waals surface area (Å²) in [6.45, 7) is 1.62. The predicted octanol–water partition coefficient (Wildman–Crippen LogP) is 0.385. The number of allylic oxidation sites excluding steroid dienone is 1. The van der Waals surface area contributed by atoms with E-state index in [2.05, 4.69) is 4.74 Å². The quantitative estimate of drug-likeness (QED) is 0.648. The van der Waals surface area contributed by atoms with Crippen LogP contribution < -0.4 is 0 Å². The Morgan fingerprint density at radius 3 is 2.46 bits per heavy atom. The van der Waals surface area contributed by atoms with Crippen molar-refractivity contribution in [2.24, 2.45) is 0 Å². The van der Waals surface area contributed by atoms with E-state index in [1.807, 2.05) is 0 Å². The van der Waals surface area contributed by atoms with Crippen molar-refractivity contribution in [2.75, 3.05) is 0 Å². The predicted molar refractivity (Wildman–Crippen MR) is 42.0 cm³/mol. The van der Waals surface area contributed by atoms with Crippen molar-refractivity contribution in [3.63, 3.8) is 0 Å². The minimum absolute atomic E-state index is 0.333. The first-order valence-electron chi connectivity index (χ1n) is 3.57. The van der Waals surface area contributed by atoms with Crippen molar-refractivity contribution in [3.05, 3.63) is 23.5 Å². The largest absolute Gasteiger partial charge is 0.478 e. The number of carboxylic acids is 2. The fraction of sp³-hybridized carbons (Fsp3) is 0.250. The third kappa shape index (κ3) is 1.69. The molecule has 1 heterocycles. The van der Waals surface area contributed by atoms with E-state index >= 15 is 0 Å². The fourth-order valence-electron chi connectivity index (χ4n) is 0.996. The Labute approximate surface area is 73.9 Å². The van der Waals surface area contributed by atoms with E-state index < -0.39 is 18.0 Å². The molecule has 0 saturated heterocycles. The first kappa shape index (κ1) is 9.31. The molecule has 0 aromatic rings. The summed E-state index contributed by atoms with van der Waals surface area (Å²) in [5.41, 5.74) is 0.352. The lowest BCUT2D eigenvalue weighted by Gasteiger charge is -2.06. The Bertz CT molecular complexity index is 312. The average Bonchev–Trinajstić information content (AvgIpc) is 2.47. The molecule has 0 amide bonds. The molecule has 5 heteroatoms. The first-order valence-corrected chi connectivity index (χ1v) is 3.57. The van der Waals surface area contributed by atoms with Crippen LogP contribution in [0.4, 0.5) is 0 Å². The lowest BCUT2D eigenvalue weighted by Crippen LogP contribution is -2.22. The van der Waals surface area contributed by atoms with Gasteiger partial charge in [-0.2, -0.15) is 0 Å². The lowest BCUT2D eigenvalue weighted by molar-refractivity contribution is -0.147. The molecule has 0 bridgehead atoms. The number of carboxylic acid groups (broad SMARTS) is 2. The van der Waals surface area contributed by atoms with Crippen LogP contribution in [0.5, 0.6) is 0 Å². The van der Waals surface area contributed by atoms with Crippen LogP contribution in [0.2, 0.25) is 0 Å². The number of aliphatic carboxylic acids is 2. The zero-order valence-corrected chi connectivity index (χ0v) is 6.85. The second kappa shape index (κ2) is 3.30.